The maximum atomic E-state index is 12.7. The first-order valence-electron chi connectivity index (χ1n) is 8.01. The third-order valence-electron chi connectivity index (χ3n) is 4.53. The van der Waals surface area contributed by atoms with Gasteiger partial charge in [-0.2, -0.15) is 0 Å². The highest BCUT2D eigenvalue weighted by Crippen LogP contribution is 2.43. The first-order chi connectivity index (χ1) is 8.72. The molecule has 0 N–H and O–H groups in total. The molecule has 0 aromatic rings. The lowest BCUT2D eigenvalue weighted by atomic mass is 9.76. The highest BCUT2D eigenvalue weighted by Gasteiger charge is 2.45. The van der Waals surface area contributed by atoms with E-state index in [1.165, 1.54) is 0 Å². The van der Waals surface area contributed by atoms with Crippen LogP contribution in [0.3, 0.4) is 0 Å². The number of carbonyl (C=O) groups is 1. The fourth-order valence-corrected chi connectivity index (χ4v) is 3.12. The van der Waals surface area contributed by atoms with Crippen molar-refractivity contribution in [2.45, 2.75) is 81.2 Å². The van der Waals surface area contributed by atoms with Crippen LogP contribution in [0.1, 0.15) is 75.2 Å². The normalized spacial score (nSPS) is 25.1. The summed E-state index contributed by atoms with van der Waals surface area (Å²) in [6.07, 6.45) is 1.79. The van der Waals surface area contributed by atoms with Gasteiger partial charge in [0.1, 0.15) is 0 Å². The van der Waals surface area contributed by atoms with E-state index in [0.717, 1.165) is 13.0 Å². The van der Waals surface area contributed by atoms with Gasteiger partial charge in [0, 0.05) is 19.0 Å². The van der Waals surface area contributed by atoms with Gasteiger partial charge in [0.05, 0.1) is 0 Å². The lowest BCUT2D eigenvalue weighted by Crippen LogP contribution is -2.44. The Hall–Kier alpha value is -0.530. The van der Waals surface area contributed by atoms with Crippen LogP contribution < -0.4 is 0 Å². The number of likely N-dealkylation sites (tertiary alicyclic amines) is 1. The number of hydrogen-bond acceptors (Lipinski definition) is 1. The molecule has 1 amide bonds. The molecule has 0 saturated carbocycles. The van der Waals surface area contributed by atoms with Crippen LogP contribution in [0.15, 0.2) is 0 Å². The molecule has 0 aliphatic carbocycles. The van der Waals surface area contributed by atoms with Crippen LogP contribution in [0, 0.1) is 22.2 Å². The van der Waals surface area contributed by atoms with Crippen LogP contribution in [0.25, 0.3) is 0 Å². The van der Waals surface area contributed by atoms with Crippen molar-refractivity contribution in [3.05, 3.63) is 0 Å². The lowest BCUT2D eigenvalue weighted by molar-refractivity contribution is -0.136. The van der Waals surface area contributed by atoms with E-state index in [2.05, 4.69) is 67.2 Å². The quantitative estimate of drug-likeness (QED) is 0.680. The minimum atomic E-state index is 0.0688. The molecule has 118 valence electrons. The Balaban J connectivity index is 2.94. The Morgan fingerprint density at radius 3 is 1.80 bits per heavy atom. The van der Waals surface area contributed by atoms with Gasteiger partial charge < -0.3 is 4.90 Å². The van der Waals surface area contributed by atoms with Crippen molar-refractivity contribution in [2.75, 3.05) is 6.54 Å². The fourth-order valence-electron chi connectivity index (χ4n) is 3.12. The molecule has 1 fully saturated rings. The van der Waals surface area contributed by atoms with Gasteiger partial charge in [-0.15, -0.1) is 0 Å². The smallest absolute Gasteiger partial charge is 0.223 e. The zero-order valence-electron chi connectivity index (χ0n) is 15.1. The van der Waals surface area contributed by atoms with Crippen LogP contribution in [0.5, 0.6) is 0 Å². The molecular formula is C18H35NO. The first-order valence-corrected chi connectivity index (χ1v) is 8.01. The van der Waals surface area contributed by atoms with Crippen LogP contribution >= 0.6 is 0 Å². The predicted molar refractivity (Wildman–Crippen MR) is 86.6 cm³/mol. The van der Waals surface area contributed by atoms with Gasteiger partial charge in [-0.05, 0) is 28.6 Å². The zero-order valence-corrected chi connectivity index (χ0v) is 15.1. The average Bonchev–Trinajstić information content (AvgIpc) is 2.56. The molecule has 0 spiro atoms. The van der Waals surface area contributed by atoms with Crippen molar-refractivity contribution < 1.29 is 4.79 Å². The van der Waals surface area contributed by atoms with Crippen molar-refractivity contribution in [1.82, 2.24) is 4.90 Å². The van der Waals surface area contributed by atoms with E-state index in [0.29, 0.717) is 24.3 Å². The number of hydrogen-bond donors (Lipinski definition) is 0. The van der Waals surface area contributed by atoms with Gasteiger partial charge >= 0.3 is 0 Å². The van der Waals surface area contributed by atoms with Crippen molar-refractivity contribution in [2.24, 2.45) is 22.2 Å². The summed E-state index contributed by atoms with van der Waals surface area (Å²) in [7, 11) is 0. The SMILES string of the molecule is CC(C)(C)CC(=O)N1C[C@H](C(C)(C)C)C[C@H]1C(C)(C)C. The lowest BCUT2D eigenvalue weighted by Gasteiger charge is -2.36. The molecule has 2 nitrogen and oxygen atoms in total. The topological polar surface area (TPSA) is 20.3 Å². The predicted octanol–water partition coefficient (Wildman–Crippen LogP) is 4.73. The number of rotatable bonds is 1. The molecule has 20 heavy (non-hydrogen) atoms. The monoisotopic (exact) mass is 281 g/mol. The zero-order chi connectivity index (χ0) is 15.9. The summed E-state index contributed by atoms with van der Waals surface area (Å²) < 4.78 is 0. The summed E-state index contributed by atoms with van der Waals surface area (Å²) in [5.41, 5.74) is 0.507. The molecule has 1 heterocycles. The summed E-state index contributed by atoms with van der Waals surface area (Å²) in [5, 5.41) is 0. The molecule has 1 rings (SSSR count). The minimum absolute atomic E-state index is 0.0688. The average molecular weight is 281 g/mol. The van der Waals surface area contributed by atoms with Gasteiger partial charge in [-0.25, -0.2) is 0 Å². The van der Waals surface area contributed by atoms with E-state index in [9.17, 15) is 4.79 Å². The standard InChI is InChI=1S/C18H35NO/c1-16(2,3)11-15(20)19-12-13(17(4,5)6)10-14(19)18(7,8)9/h13-14H,10-12H2,1-9H3/t13-,14+/m1/s1. The third kappa shape index (κ3) is 4.49. The minimum Gasteiger partial charge on any atom is -0.339 e. The Morgan fingerprint density at radius 1 is 0.950 bits per heavy atom. The van der Waals surface area contributed by atoms with E-state index >= 15 is 0 Å². The van der Waals surface area contributed by atoms with Gasteiger partial charge in [0.15, 0.2) is 0 Å². The fraction of sp³-hybridized carbons (Fsp3) is 0.944. The van der Waals surface area contributed by atoms with E-state index in [1.54, 1.807) is 0 Å². The first kappa shape index (κ1) is 17.5. The maximum Gasteiger partial charge on any atom is 0.223 e. The van der Waals surface area contributed by atoms with Gasteiger partial charge in [0.2, 0.25) is 5.91 Å². The molecule has 2 atom stereocenters. The van der Waals surface area contributed by atoms with Crippen molar-refractivity contribution >= 4 is 5.91 Å². The van der Waals surface area contributed by atoms with E-state index in [-0.39, 0.29) is 16.2 Å². The number of carbonyl (C=O) groups excluding carboxylic acids is 1. The molecular weight excluding hydrogens is 246 g/mol. The number of nitrogens with zero attached hydrogens (tertiary/aromatic N) is 1. The molecule has 0 aromatic carbocycles. The summed E-state index contributed by atoms with van der Waals surface area (Å²) in [5.74, 6) is 0.944. The second kappa shape index (κ2) is 5.35. The molecule has 2 heteroatoms. The van der Waals surface area contributed by atoms with Crippen LogP contribution in [0.2, 0.25) is 0 Å². The summed E-state index contributed by atoms with van der Waals surface area (Å²) in [6.45, 7) is 21.1. The summed E-state index contributed by atoms with van der Waals surface area (Å²) in [4.78, 5) is 14.9. The largest absolute Gasteiger partial charge is 0.339 e. The maximum absolute atomic E-state index is 12.7. The Labute approximate surface area is 126 Å². The Morgan fingerprint density at radius 2 is 1.45 bits per heavy atom. The van der Waals surface area contributed by atoms with Crippen LogP contribution in [-0.4, -0.2) is 23.4 Å². The van der Waals surface area contributed by atoms with Gasteiger partial charge in [0.25, 0.3) is 0 Å². The molecule has 0 bridgehead atoms. The molecule has 0 aromatic heterocycles. The highest BCUT2D eigenvalue weighted by molar-refractivity contribution is 5.77. The molecule has 0 radical (unpaired) electrons. The van der Waals surface area contributed by atoms with Crippen molar-refractivity contribution in [1.29, 1.82) is 0 Å². The Bertz CT molecular complexity index is 351. The van der Waals surface area contributed by atoms with E-state index < -0.39 is 0 Å². The van der Waals surface area contributed by atoms with Crippen molar-refractivity contribution in [3.8, 4) is 0 Å². The van der Waals surface area contributed by atoms with Crippen LogP contribution in [-0.2, 0) is 4.79 Å². The van der Waals surface area contributed by atoms with Crippen LogP contribution in [0.4, 0.5) is 0 Å². The molecule has 1 aliphatic heterocycles. The third-order valence-corrected chi connectivity index (χ3v) is 4.53. The van der Waals surface area contributed by atoms with Gasteiger partial charge in [-0.3, -0.25) is 4.79 Å². The summed E-state index contributed by atoms with van der Waals surface area (Å²) in [6, 6.07) is 0.376. The van der Waals surface area contributed by atoms with E-state index in [1.807, 2.05) is 0 Å². The van der Waals surface area contributed by atoms with Gasteiger partial charge in [-0.1, -0.05) is 62.3 Å². The molecule has 1 saturated heterocycles. The Kier molecular flexibility index (Phi) is 4.68. The number of amides is 1. The second-order valence-electron chi connectivity index (χ2n) is 9.96. The second-order valence-corrected chi connectivity index (χ2v) is 9.96. The molecule has 1 aliphatic rings. The summed E-state index contributed by atoms with van der Waals surface area (Å²) >= 11 is 0. The van der Waals surface area contributed by atoms with Crippen molar-refractivity contribution in [3.63, 3.8) is 0 Å². The highest BCUT2D eigenvalue weighted by atomic mass is 16.2. The molecule has 0 unspecified atom stereocenters. The van der Waals surface area contributed by atoms with E-state index in [4.69, 9.17) is 0 Å².